The van der Waals surface area contributed by atoms with E-state index in [9.17, 15) is 0 Å². The van der Waals surface area contributed by atoms with E-state index in [1.165, 1.54) is 0 Å². The number of hydrogen-bond acceptors (Lipinski definition) is 5. The number of ether oxygens (including phenoxy) is 5. The molecule has 0 atom stereocenters. The Morgan fingerprint density at radius 1 is 0.581 bits per heavy atom. The Morgan fingerprint density at radius 3 is 1.74 bits per heavy atom. The van der Waals surface area contributed by atoms with Crippen LogP contribution in [-0.2, 0) is 0 Å². The molecule has 2 aliphatic heterocycles. The van der Waals surface area contributed by atoms with Crippen LogP contribution in [0.1, 0.15) is 22.3 Å². The average molecular weight is 410 g/mol. The second kappa shape index (κ2) is 8.26. The molecule has 0 aliphatic carbocycles. The van der Waals surface area contributed by atoms with E-state index in [-0.39, 0.29) is 6.79 Å². The lowest BCUT2D eigenvalue weighted by Crippen LogP contribution is -2.15. The summed E-state index contributed by atoms with van der Waals surface area (Å²) in [6.07, 6.45) is 0. The van der Waals surface area contributed by atoms with E-state index < -0.39 is 0 Å². The summed E-state index contributed by atoms with van der Waals surface area (Å²) < 4.78 is 27.4. The molecule has 152 valence electrons. The van der Waals surface area contributed by atoms with Gasteiger partial charge in [-0.3, -0.25) is 0 Å². The van der Waals surface area contributed by atoms with Crippen LogP contribution in [0.4, 0.5) is 0 Å². The van der Waals surface area contributed by atoms with Crippen molar-refractivity contribution in [2.24, 2.45) is 0 Å². The van der Waals surface area contributed by atoms with E-state index in [0.717, 1.165) is 39.5 Å². The number of rotatable bonds is 1. The van der Waals surface area contributed by atoms with Crippen molar-refractivity contribution < 1.29 is 23.7 Å². The highest BCUT2D eigenvalue weighted by Crippen LogP contribution is 2.32. The van der Waals surface area contributed by atoms with Gasteiger partial charge in [0, 0.05) is 22.3 Å². The van der Waals surface area contributed by atoms with Gasteiger partial charge < -0.3 is 23.7 Å². The lowest BCUT2D eigenvalue weighted by atomic mass is 10.1. The summed E-state index contributed by atoms with van der Waals surface area (Å²) in [5.41, 5.74) is 3.31. The topological polar surface area (TPSA) is 46.2 Å². The van der Waals surface area contributed by atoms with Gasteiger partial charge in [-0.25, -0.2) is 0 Å². The summed E-state index contributed by atoms with van der Waals surface area (Å²) in [7, 11) is 1.63. The largest absolute Gasteiger partial charge is 0.497 e. The average Bonchev–Trinajstić information content (AvgIpc) is 3.29. The maximum Gasteiger partial charge on any atom is 0.231 e. The van der Waals surface area contributed by atoms with E-state index in [0.29, 0.717) is 24.7 Å². The molecule has 0 aromatic heterocycles. The molecule has 0 fully saturated rings. The van der Waals surface area contributed by atoms with Gasteiger partial charge in [-0.1, -0.05) is 23.7 Å². The SMILES string of the molecule is COc1cc(C#Cc2ccc3c(c2)OCCO3)cc(C#Cc2ccc3c(c2)OCO3)c1. The fraction of sp³-hybridized carbons (Fsp3) is 0.154. The van der Waals surface area contributed by atoms with Crippen molar-refractivity contribution in [3.8, 4) is 52.4 Å². The minimum atomic E-state index is 0.244. The highest BCUT2D eigenvalue weighted by atomic mass is 16.7. The number of benzene rings is 3. The van der Waals surface area contributed by atoms with Gasteiger partial charge in [-0.2, -0.15) is 0 Å². The van der Waals surface area contributed by atoms with Crippen molar-refractivity contribution in [2.75, 3.05) is 27.1 Å². The minimum Gasteiger partial charge on any atom is -0.497 e. The molecule has 5 heteroatoms. The van der Waals surface area contributed by atoms with Crippen LogP contribution in [-0.4, -0.2) is 27.1 Å². The van der Waals surface area contributed by atoms with Gasteiger partial charge in [0.05, 0.1) is 7.11 Å². The summed E-state index contributed by atoms with van der Waals surface area (Å²) in [5.74, 6) is 16.3. The Balaban J connectivity index is 1.42. The summed E-state index contributed by atoms with van der Waals surface area (Å²) in [6, 6.07) is 17.0. The summed E-state index contributed by atoms with van der Waals surface area (Å²) in [4.78, 5) is 0. The lowest BCUT2D eigenvalue weighted by molar-refractivity contribution is 0.171. The first kappa shape index (κ1) is 18.8. The van der Waals surface area contributed by atoms with Crippen LogP contribution in [0, 0.1) is 23.7 Å². The van der Waals surface area contributed by atoms with Crippen LogP contribution < -0.4 is 23.7 Å². The molecule has 0 saturated heterocycles. The molecule has 2 heterocycles. The van der Waals surface area contributed by atoms with E-state index in [1.807, 2.05) is 54.6 Å². The first-order valence-electron chi connectivity index (χ1n) is 9.79. The molecule has 31 heavy (non-hydrogen) atoms. The molecule has 0 radical (unpaired) electrons. The first-order valence-corrected chi connectivity index (χ1v) is 9.79. The third kappa shape index (κ3) is 4.22. The van der Waals surface area contributed by atoms with Gasteiger partial charge in [0.2, 0.25) is 6.79 Å². The van der Waals surface area contributed by atoms with Crippen molar-refractivity contribution in [1.29, 1.82) is 0 Å². The molecule has 3 aromatic carbocycles. The molecule has 0 saturated carbocycles. The quantitative estimate of drug-likeness (QED) is 0.568. The highest BCUT2D eigenvalue weighted by molar-refractivity contribution is 5.56. The standard InChI is InChI=1S/C26H18O5/c1-27-22-13-20(4-2-18-6-8-23-25(15-18)29-11-10-28-23)12-21(14-22)5-3-19-7-9-24-26(16-19)31-17-30-24/h6-9,12-16H,10-11,17H2,1H3. The molecular formula is C26H18O5. The number of fused-ring (bicyclic) bond motifs is 2. The molecular weight excluding hydrogens is 392 g/mol. The Hall–Kier alpha value is -4.22. The summed E-state index contributed by atoms with van der Waals surface area (Å²) >= 11 is 0. The predicted molar refractivity (Wildman–Crippen MR) is 115 cm³/mol. The second-order valence-electron chi connectivity index (χ2n) is 6.88. The predicted octanol–water partition coefficient (Wildman–Crippen LogP) is 3.99. The number of methoxy groups -OCH3 is 1. The molecule has 2 aliphatic rings. The Bertz CT molecular complexity index is 1270. The molecule has 5 nitrogen and oxygen atoms in total. The van der Waals surface area contributed by atoms with E-state index in [1.54, 1.807) is 7.11 Å². The van der Waals surface area contributed by atoms with Crippen LogP contribution in [0.2, 0.25) is 0 Å². The van der Waals surface area contributed by atoms with Crippen LogP contribution in [0.25, 0.3) is 0 Å². The zero-order valence-electron chi connectivity index (χ0n) is 16.9. The van der Waals surface area contributed by atoms with Crippen LogP contribution in [0.5, 0.6) is 28.7 Å². The Morgan fingerprint density at radius 2 is 1.10 bits per heavy atom. The molecule has 3 aromatic rings. The van der Waals surface area contributed by atoms with E-state index in [4.69, 9.17) is 23.7 Å². The van der Waals surface area contributed by atoms with Gasteiger partial charge in [-0.05, 0) is 54.6 Å². The van der Waals surface area contributed by atoms with Crippen molar-refractivity contribution in [1.82, 2.24) is 0 Å². The lowest BCUT2D eigenvalue weighted by Gasteiger charge is -2.17. The third-order valence-corrected chi connectivity index (χ3v) is 4.76. The van der Waals surface area contributed by atoms with Crippen LogP contribution >= 0.6 is 0 Å². The molecule has 0 bridgehead atoms. The molecule has 0 amide bonds. The normalized spacial score (nSPS) is 12.8. The van der Waals surface area contributed by atoms with Crippen molar-refractivity contribution >= 4 is 0 Å². The van der Waals surface area contributed by atoms with Crippen molar-refractivity contribution in [2.45, 2.75) is 0 Å². The zero-order valence-corrected chi connectivity index (χ0v) is 16.9. The van der Waals surface area contributed by atoms with Crippen LogP contribution in [0.3, 0.4) is 0 Å². The van der Waals surface area contributed by atoms with Gasteiger partial charge in [-0.15, -0.1) is 0 Å². The minimum absolute atomic E-state index is 0.244. The maximum absolute atomic E-state index is 5.63. The van der Waals surface area contributed by atoms with Crippen molar-refractivity contribution in [3.63, 3.8) is 0 Å². The third-order valence-electron chi connectivity index (χ3n) is 4.76. The fourth-order valence-corrected chi connectivity index (χ4v) is 3.25. The van der Waals surface area contributed by atoms with E-state index >= 15 is 0 Å². The monoisotopic (exact) mass is 410 g/mol. The van der Waals surface area contributed by atoms with Gasteiger partial charge in [0.1, 0.15) is 19.0 Å². The van der Waals surface area contributed by atoms with E-state index in [2.05, 4.69) is 23.7 Å². The fourth-order valence-electron chi connectivity index (χ4n) is 3.25. The van der Waals surface area contributed by atoms with Crippen LogP contribution in [0.15, 0.2) is 54.6 Å². The first-order chi connectivity index (χ1) is 15.3. The second-order valence-corrected chi connectivity index (χ2v) is 6.88. The maximum atomic E-state index is 5.63. The zero-order chi connectivity index (χ0) is 21.0. The molecule has 5 rings (SSSR count). The van der Waals surface area contributed by atoms with Gasteiger partial charge >= 0.3 is 0 Å². The van der Waals surface area contributed by atoms with Crippen molar-refractivity contribution in [3.05, 3.63) is 76.9 Å². The number of hydrogen-bond donors (Lipinski definition) is 0. The molecule has 0 unspecified atom stereocenters. The molecule has 0 spiro atoms. The highest BCUT2D eigenvalue weighted by Gasteiger charge is 2.12. The Kier molecular flexibility index (Phi) is 5.01. The van der Waals surface area contributed by atoms with Gasteiger partial charge in [0.15, 0.2) is 23.0 Å². The summed E-state index contributed by atoms with van der Waals surface area (Å²) in [5, 5.41) is 0. The summed E-state index contributed by atoms with van der Waals surface area (Å²) in [6.45, 7) is 1.36. The Labute approximate surface area is 180 Å². The van der Waals surface area contributed by atoms with Gasteiger partial charge in [0.25, 0.3) is 0 Å². The molecule has 0 N–H and O–H groups in total. The smallest absolute Gasteiger partial charge is 0.231 e.